The highest BCUT2D eigenvalue weighted by molar-refractivity contribution is 7.11. The molecule has 1 aromatic carbocycles. The van der Waals surface area contributed by atoms with Crippen molar-refractivity contribution in [3.63, 3.8) is 0 Å². The number of nitrogens with one attached hydrogen (secondary N) is 1. The van der Waals surface area contributed by atoms with E-state index in [1.807, 2.05) is 18.3 Å². The Morgan fingerprint density at radius 3 is 3.17 bits per heavy atom. The number of nitrogens with zero attached hydrogens (tertiary/aromatic N) is 1. The second-order valence-corrected chi connectivity index (χ2v) is 6.04. The van der Waals surface area contributed by atoms with E-state index >= 15 is 0 Å². The lowest BCUT2D eigenvalue weighted by Crippen LogP contribution is -2.18. The molecule has 0 spiro atoms. The first kappa shape index (κ1) is 11.7. The number of thiazole rings is 1. The summed E-state index contributed by atoms with van der Waals surface area (Å²) in [5.41, 5.74) is 2.59. The molecule has 4 heteroatoms. The summed E-state index contributed by atoms with van der Waals surface area (Å²) in [4.78, 5) is 5.62. The van der Waals surface area contributed by atoms with Gasteiger partial charge in [-0.25, -0.2) is 4.98 Å². The first-order valence-corrected chi connectivity index (χ1v) is 7.00. The van der Waals surface area contributed by atoms with Crippen molar-refractivity contribution in [2.24, 2.45) is 0 Å². The normalized spacial score (nSPS) is 17.9. The molecule has 18 heavy (non-hydrogen) atoms. The minimum absolute atomic E-state index is 0.366. The van der Waals surface area contributed by atoms with Gasteiger partial charge < -0.3 is 10.4 Å². The number of aromatic hydroxyl groups is 1. The predicted molar refractivity (Wildman–Crippen MR) is 72.9 cm³/mol. The molecule has 94 valence electrons. The highest BCUT2D eigenvalue weighted by atomic mass is 32.1. The van der Waals surface area contributed by atoms with Crippen molar-refractivity contribution in [3.8, 4) is 5.75 Å². The third-order valence-electron chi connectivity index (χ3n) is 3.37. The Labute approximate surface area is 111 Å². The van der Waals surface area contributed by atoms with Crippen LogP contribution in [0.15, 0.2) is 24.4 Å². The maximum atomic E-state index is 9.46. The van der Waals surface area contributed by atoms with Gasteiger partial charge in [-0.2, -0.15) is 0 Å². The molecular weight excluding hydrogens is 244 g/mol. The van der Waals surface area contributed by atoms with Crippen LogP contribution < -0.4 is 5.32 Å². The fourth-order valence-corrected chi connectivity index (χ4v) is 3.25. The van der Waals surface area contributed by atoms with E-state index in [-0.39, 0.29) is 0 Å². The van der Waals surface area contributed by atoms with Crippen molar-refractivity contribution in [2.45, 2.75) is 32.4 Å². The van der Waals surface area contributed by atoms with Crippen LogP contribution in [0.25, 0.3) is 0 Å². The zero-order chi connectivity index (χ0) is 12.5. The highest BCUT2D eigenvalue weighted by Gasteiger charge is 2.22. The largest absolute Gasteiger partial charge is 0.508 e. The van der Waals surface area contributed by atoms with E-state index < -0.39 is 0 Å². The highest BCUT2D eigenvalue weighted by Crippen LogP contribution is 2.33. The summed E-state index contributed by atoms with van der Waals surface area (Å²) in [7, 11) is 0. The Morgan fingerprint density at radius 2 is 2.39 bits per heavy atom. The lowest BCUT2D eigenvalue weighted by Gasteiger charge is -2.12. The molecule has 0 bridgehead atoms. The van der Waals surface area contributed by atoms with Gasteiger partial charge in [-0.3, -0.25) is 0 Å². The maximum absolute atomic E-state index is 9.46. The van der Waals surface area contributed by atoms with Gasteiger partial charge in [0.15, 0.2) is 0 Å². The Morgan fingerprint density at radius 1 is 1.50 bits per heavy atom. The molecule has 0 aliphatic heterocycles. The summed E-state index contributed by atoms with van der Waals surface area (Å²) in [5, 5.41) is 14.2. The average molecular weight is 260 g/mol. The summed E-state index contributed by atoms with van der Waals surface area (Å²) in [6, 6.07) is 6.07. The molecule has 1 aromatic heterocycles. The number of hydrogen-bond acceptors (Lipinski definition) is 4. The van der Waals surface area contributed by atoms with Crippen molar-refractivity contribution in [3.05, 3.63) is 45.4 Å². The van der Waals surface area contributed by atoms with Crippen LogP contribution in [0.1, 0.15) is 33.5 Å². The summed E-state index contributed by atoms with van der Waals surface area (Å²) >= 11 is 1.74. The summed E-state index contributed by atoms with van der Waals surface area (Å²) in [5.74, 6) is 0.366. The molecule has 3 nitrogen and oxygen atoms in total. The van der Waals surface area contributed by atoms with Gasteiger partial charge in [-0.15, -0.1) is 11.3 Å². The monoisotopic (exact) mass is 260 g/mol. The van der Waals surface area contributed by atoms with E-state index in [2.05, 4.69) is 17.2 Å². The van der Waals surface area contributed by atoms with E-state index in [4.69, 9.17) is 0 Å². The second-order valence-electron chi connectivity index (χ2n) is 4.72. The molecule has 1 atom stereocenters. The number of benzene rings is 1. The fourth-order valence-electron chi connectivity index (χ4n) is 2.51. The van der Waals surface area contributed by atoms with E-state index in [9.17, 15) is 5.11 Å². The topological polar surface area (TPSA) is 45.2 Å². The number of phenols is 1. The lowest BCUT2D eigenvalue weighted by molar-refractivity contribution is 0.474. The first-order valence-electron chi connectivity index (χ1n) is 6.19. The van der Waals surface area contributed by atoms with Gasteiger partial charge >= 0.3 is 0 Å². The van der Waals surface area contributed by atoms with Crippen LogP contribution in [-0.2, 0) is 13.0 Å². The third kappa shape index (κ3) is 2.26. The summed E-state index contributed by atoms with van der Waals surface area (Å²) < 4.78 is 0. The molecule has 1 heterocycles. The van der Waals surface area contributed by atoms with Crippen LogP contribution in [0, 0.1) is 6.92 Å². The van der Waals surface area contributed by atoms with Gasteiger partial charge in [0.2, 0.25) is 0 Å². The number of phenolic OH excluding ortho intramolecular Hbond substituents is 1. The van der Waals surface area contributed by atoms with Crippen LogP contribution >= 0.6 is 11.3 Å². The van der Waals surface area contributed by atoms with Crippen molar-refractivity contribution in [1.29, 1.82) is 0 Å². The maximum Gasteiger partial charge on any atom is 0.115 e. The Hall–Kier alpha value is -1.39. The SMILES string of the molecule is Cc1cnc(CNC2CCc3cc(O)ccc32)s1. The van der Waals surface area contributed by atoms with Crippen LogP contribution in [0.3, 0.4) is 0 Å². The fraction of sp³-hybridized carbons (Fsp3) is 0.357. The molecule has 1 aliphatic carbocycles. The molecule has 1 aliphatic rings. The molecule has 0 fully saturated rings. The molecule has 1 unspecified atom stereocenters. The Kier molecular flexibility index (Phi) is 3.06. The minimum atomic E-state index is 0.366. The molecule has 0 amide bonds. The second kappa shape index (κ2) is 4.71. The van der Waals surface area contributed by atoms with Crippen LogP contribution in [0.2, 0.25) is 0 Å². The van der Waals surface area contributed by atoms with Crippen molar-refractivity contribution in [1.82, 2.24) is 10.3 Å². The number of aryl methyl sites for hydroxylation is 2. The molecule has 3 rings (SSSR count). The van der Waals surface area contributed by atoms with E-state index in [0.717, 1.165) is 24.4 Å². The van der Waals surface area contributed by atoms with Gasteiger partial charge in [0.1, 0.15) is 10.8 Å². The number of hydrogen-bond donors (Lipinski definition) is 2. The van der Waals surface area contributed by atoms with Crippen LogP contribution in [0.4, 0.5) is 0 Å². The smallest absolute Gasteiger partial charge is 0.115 e. The standard InChI is InChI=1S/C14H16N2OS/c1-9-7-16-14(18-9)8-15-13-5-2-10-6-11(17)3-4-12(10)13/h3-4,6-7,13,15,17H,2,5,8H2,1H3. The van der Waals surface area contributed by atoms with Crippen molar-refractivity contribution < 1.29 is 5.11 Å². The van der Waals surface area contributed by atoms with E-state index in [1.54, 1.807) is 17.4 Å². The third-order valence-corrected chi connectivity index (χ3v) is 4.29. The predicted octanol–water partition coefficient (Wildman–Crippen LogP) is 2.93. The van der Waals surface area contributed by atoms with Crippen molar-refractivity contribution in [2.75, 3.05) is 0 Å². The van der Waals surface area contributed by atoms with Gasteiger partial charge in [-0.1, -0.05) is 6.07 Å². The molecular formula is C14H16N2OS. The van der Waals surface area contributed by atoms with Crippen molar-refractivity contribution >= 4 is 11.3 Å². The molecule has 0 radical (unpaired) electrons. The summed E-state index contributed by atoms with van der Waals surface area (Å²) in [6.07, 6.45) is 4.06. The average Bonchev–Trinajstić information content (AvgIpc) is 2.92. The Balaban J connectivity index is 1.69. The Bertz CT molecular complexity index is 565. The lowest BCUT2D eigenvalue weighted by atomic mass is 10.1. The zero-order valence-corrected chi connectivity index (χ0v) is 11.1. The van der Waals surface area contributed by atoms with Gasteiger partial charge in [0, 0.05) is 23.7 Å². The van der Waals surface area contributed by atoms with Gasteiger partial charge in [-0.05, 0) is 43.0 Å². The first-order chi connectivity index (χ1) is 8.72. The molecule has 0 saturated heterocycles. The van der Waals surface area contributed by atoms with Crippen LogP contribution in [-0.4, -0.2) is 10.1 Å². The molecule has 0 saturated carbocycles. The number of rotatable bonds is 3. The van der Waals surface area contributed by atoms with E-state index in [1.165, 1.54) is 16.0 Å². The van der Waals surface area contributed by atoms with Crippen LogP contribution in [0.5, 0.6) is 5.75 Å². The van der Waals surface area contributed by atoms with E-state index in [0.29, 0.717) is 11.8 Å². The molecule has 2 N–H and O–H groups in total. The van der Waals surface area contributed by atoms with Gasteiger partial charge in [0.05, 0.1) is 0 Å². The number of aromatic nitrogens is 1. The molecule has 2 aromatic rings. The van der Waals surface area contributed by atoms with Gasteiger partial charge in [0.25, 0.3) is 0 Å². The minimum Gasteiger partial charge on any atom is -0.508 e. The zero-order valence-electron chi connectivity index (χ0n) is 10.3. The summed E-state index contributed by atoms with van der Waals surface area (Å²) in [6.45, 7) is 2.90. The quantitative estimate of drug-likeness (QED) is 0.892. The number of fused-ring (bicyclic) bond motifs is 1.